The highest BCUT2D eigenvalue weighted by molar-refractivity contribution is 5.92. The Balaban J connectivity index is 2.36. The zero-order chi connectivity index (χ0) is 22.9. The lowest BCUT2D eigenvalue weighted by atomic mass is 10.2. The highest BCUT2D eigenvalue weighted by Gasteiger charge is 2.35. The van der Waals surface area contributed by atoms with Crippen molar-refractivity contribution < 1.29 is 19.1 Å². The first kappa shape index (κ1) is 23.1. The molecule has 0 saturated carbocycles. The third-order valence-electron chi connectivity index (χ3n) is 4.26. The van der Waals surface area contributed by atoms with E-state index in [2.05, 4.69) is 15.9 Å². The molecular weight excluding hydrogens is 386 g/mol. The number of likely N-dealkylation sites (tertiary alicyclic amines) is 1. The summed E-state index contributed by atoms with van der Waals surface area (Å²) in [5.41, 5.74) is -1.06. The Labute approximate surface area is 177 Å². The number of hydrogen-bond acceptors (Lipinski definition) is 5. The molecule has 9 heteroatoms. The Hall–Kier alpha value is -3.20. The van der Waals surface area contributed by atoms with E-state index in [1.807, 2.05) is 0 Å². The van der Waals surface area contributed by atoms with Crippen LogP contribution in [0.2, 0.25) is 0 Å². The lowest BCUT2D eigenvalue weighted by molar-refractivity contribution is 0.0287. The van der Waals surface area contributed by atoms with E-state index in [0.29, 0.717) is 19.5 Å². The molecule has 0 aliphatic carbocycles. The molecule has 0 radical (unpaired) electrons. The zero-order valence-corrected chi connectivity index (χ0v) is 18.6. The molecule has 2 amide bonds. The van der Waals surface area contributed by atoms with Gasteiger partial charge >= 0.3 is 12.2 Å². The summed E-state index contributed by atoms with van der Waals surface area (Å²) in [4.78, 5) is 31.4. The van der Waals surface area contributed by atoms with Gasteiger partial charge in [-0.05, 0) is 48.0 Å². The van der Waals surface area contributed by atoms with Crippen LogP contribution in [0.25, 0.3) is 4.85 Å². The van der Waals surface area contributed by atoms with Gasteiger partial charge in [-0.2, -0.15) is 5.10 Å². The predicted molar refractivity (Wildman–Crippen MR) is 113 cm³/mol. The highest BCUT2D eigenvalue weighted by Crippen LogP contribution is 2.37. The first-order valence-corrected chi connectivity index (χ1v) is 9.68. The van der Waals surface area contributed by atoms with Crippen LogP contribution in [-0.2, 0) is 9.47 Å². The van der Waals surface area contributed by atoms with Crippen LogP contribution in [0.3, 0.4) is 0 Å². The molecule has 162 valence electrons. The van der Waals surface area contributed by atoms with Gasteiger partial charge in [0.15, 0.2) is 0 Å². The van der Waals surface area contributed by atoms with Gasteiger partial charge in [-0.1, -0.05) is 5.92 Å². The van der Waals surface area contributed by atoms with Gasteiger partial charge in [-0.3, -0.25) is 9.58 Å². The minimum atomic E-state index is -0.704. The lowest BCUT2D eigenvalue weighted by Crippen LogP contribution is -2.37. The molecule has 0 bridgehead atoms. The monoisotopic (exact) mass is 415 g/mol. The van der Waals surface area contributed by atoms with Crippen LogP contribution in [0.5, 0.6) is 0 Å². The van der Waals surface area contributed by atoms with Crippen molar-refractivity contribution in [1.82, 2.24) is 14.7 Å². The van der Waals surface area contributed by atoms with E-state index in [4.69, 9.17) is 22.5 Å². The van der Waals surface area contributed by atoms with Crippen molar-refractivity contribution in [3.05, 3.63) is 17.1 Å². The maximum Gasteiger partial charge on any atom is 0.414 e. The largest absolute Gasteiger partial charge is 0.444 e. The van der Waals surface area contributed by atoms with Crippen LogP contribution in [0.1, 0.15) is 59.7 Å². The first-order chi connectivity index (χ1) is 13.8. The highest BCUT2D eigenvalue weighted by atomic mass is 16.6. The number of nitrogens with zero attached hydrogens (tertiary/aromatic N) is 5. The number of aromatic nitrogens is 2. The van der Waals surface area contributed by atoms with Gasteiger partial charge in [-0.15, -0.1) is 6.42 Å². The van der Waals surface area contributed by atoms with Crippen molar-refractivity contribution in [3.63, 3.8) is 0 Å². The molecule has 1 atom stereocenters. The molecule has 1 aliphatic rings. The van der Waals surface area contributed by atoms with Crippen LogP contribution in [-0.4, -0.2) is 58.2 Å². The minimum Gasteiger partial charge on any atom is -0.444 e. The van der Waals surface area contributed by atoms with Gasteiger partial charge in [0.25, 0.3) is 5.69 Å². The van der Waals surface area contributed by atoms with Crippen molar-refractivity contribution in [2.75, 3.05) is 25.0 Å². The Bertz CT molecular complexity index is 908. The van der Waals surface area contributed by atoms with Crippen LogP contribution in [0.4, 0.5) is 21.1 Å². The predicted octanol–water partition coefficient (Wildman–Crippen LogP) is 3.97. The van der Waals surface area contributed by atoms with E-state index in [-0.39, 0.29) is 23.2 Å². The van der Waals surface area contributed by atoms with Gasteiger partial charge in [0.2, 0.25) is 0 Å². The summed E-state index contributed by atoms with van der Waals surface area (Å²) >= 11 is 0. The van der Waals surface area contributed by atoms with E-state index in [0.717, 1.165) is 0 Å². The molecule has 0 spiro atoms. The fourth-order valence-electron chi connectivity index (χ4n) is 3.03. The average Bonchev–Trinajstić information content (AvgIpc) is 3.22. The van der Waals surface area contributed by atoms with Crippen molar-refractivity contribution in [2.24, 2.45) is 0 Å². The van der Waals surface area contributed by atoms with Crippen LogP contribution >= 0.6 is 0 Å². The number of hydrogen-bond donors (Lipinski definition) is 0. The summed E-state index contributed by atoms with van der Waals surface area (Å²) < 4.78 is 12.4. The van der Waals surface area contributed by atoms with E-state index < -0.39 is 23.4 Å². The smallest absolute Gasteiger partial charge is 0.414 e. The van der Waals surface area contributed by atoms with E-state index in [9.17, 15) is 9.59 Å². The Morgan fingerprint density at radius 1 is 1.23 bits per heavy atom. The molecule has 1 aromatic heterocycles. The van der Waals surface area contributed by atoms with E-state index in [1.165, 1.54) is 11.9 Å². The molecule has 0 unspecified atom stereocenters. The number of rotatable bonds is 2. The average molecular weight is 415 g/mol. The Kier molecular flexibility index (Phi) is 6.36. The number of carbonyl (C=O) groups excluding carboxylic acids is 2. The number of carbonyl (C=O) groups is 2. The SMILES string of the molecule is [C-]#[N+]c1c(C#C)nn([C@H]2CCN(C(=O)OC(C)(C)C)C2)c1N(C)C(=O)OC(C)(C)C. The maximum absolute atomic E-state index is 12.6. The Morgan fingerprint density at radius 3 is 2.33 bits per heavy atom. The van der Waals surface area contributed by atoms with Crippen LogP contribution in [0, 0.1) is 18.9 Å². The molecule has 0 N–H and O–H groups in total. The van der Waals surface area contributed by atoms with Gasteiger partial charge < -0.3 is 14.4 Å². The number of terminal acetylenes is 1. The molecule has 0 aromatic carbocycles. The fraction of sp³-hybridized carbons (Fsp3) is 0.619. The van der Waals surface area contributed by atoms with Crippen molar-refractivity contribution in [2.45, 2.75) is 65.2 Å². The summed E-state index contributed by atoms with van der Waals surface area (Å²) in [6.07, 6.45) is 5.08. The second-order valence-corrected chi connectivity index (χ2v) is 9.13. The molecule has 1 aromatic rings. The number of ether oxygens (including phenoxy) is 2. The van der Waals surface area contributed by atoms with E-state index in [1.54, 1.807) is 51.1 Å². The molecule has 2 heterocycles. The topological polar surface area (TPSA) is 81.3 Å². The van der Waals surface area contributed by atoms with Crippen LogP contribution < -0.4 is 4.90 Å². The van der Waals surface area contributed by atoms with Gasteiger partial charge in [0.05, 0.1) is 12.6 Å². The summed E-state index contributed by atoms with van der Waals surface area (Å²) in [5, 5.41) is 4.39. The normalized spacial score (nSPS) is 16.6. The summed E-state index contributed by atoms with van der Waals surface area (Å²) in [6.45, 7) is 19.0. The summed E-state index contributed by atoms with van der Waals surface area (Å²) in [7, 11) is 1.51. The standard InChI is InChI=1S/C21H29N5O4/c1-10-15-16(22-8)17(24(9)18(27)29-20(2,3)4)26(23-15)14-11-12-25(13-14)19(28)30-21(5,6)7/h1,14H,11-13H2,2-7,9H3/t14-/m0/s1. The summed E-state index contributed by atoms with van der Waals surface area (Å²) in [6, 6.07) is -0.264. The molecular formula is C21H29N5O4. The molecule has 30 heavy (non-hydrogen) atoms. The lowest BCUT2D eigenvalue weighted by Gasteiger charge is -2.27. The van der Waals surface area contributed by atoms with Gasteiger partial charge in [0.1, 0.15) is 22.7 Å². The second kappa shape index (κ2) is 8.27. The third kappa shape index (κ3) is 5.24. The summed E-state index contributed by atoms with van der Waals surface area (Å²) in [5.74, 6) is 2.66. The fourth-order valence-corrected chi connectivity index (χ4v) is 3.03. The van der Waals surface area contributed by atoms with Gasteiger partial charge in [-0.25, -0.2) is 14.4 Å². The molecule has 1 aliphatic heterocycles. The van der Waals surface area contributed by atoms with Crippen molar-refractivity contribution >= 4 is 23.7 Å². The number of anilines is 1. The molecule has 9 nitrogen and oxygen atoms in total. The minimum absolute atomic E-state index is 0.0987. The van der Waals surface area contributed by atoms with Crippen molar-refractivity contribution in [1.29, 1.82) is 0 Å². The number of amides is 2. The quantitative estimate of drug-likeness (QED) is 0.539. The zero-order valence-electron chi connectivity index (χ0n) is 18.6. The first-order valence-electron chi connectivity index (χ1n) is 9.68. The van der Waals surface area contributed by atoms with E-state index >= 15 is 0 Å². The molecule has 2 rings (SSSR count). The molecule has 1 fully saturated rings. The van der Waals surface area contributed by atoms with Crippen LogP contribution in [0.15, 0.2) is 0 Å². The Morgan fingerprint density at radius 2 is 1.83 bits per heavy atom. The third-order valence-corrected chi connectivity index (χ3v) is 4.26. The maximum atomic E-state index is 12.6. The molecule has 1 saturated heterocycles. The van der Waals surface area contributed by atoms with Gasteiger partial charge in [0, 0.05) is 20.1 Å². The second-order valence-electron chi connectivity index (χ2n) is 9.13. The van der Waals surface area contributed by atoms with Crippen molar-refractivity contribution in [3.8, 4) is 12.3 Å².